The van der Waals surface area contributed by atoms with Gasteiger partial charge in [0.05, 0.1) is 6.61 Å². The van der Waals surface area contributed by atoms with Crippen LogP contribution in [-0.4, -0.2) is 77.2 Å². The summed E-state index contributed by atoms with van der Waals surface area (Å²) in [6.07, 6.45) is 3.24. The Morgan fingerprint density at radius 2 is 1.68 bits per heavy atom. The van der Waals surface area contributed by atoms with E-state index < -0.39 is 0 Å². The minimum absolute atomic E-state index is 0.000509. The molecule has 0 saturated heterocycles. The van der Waals surface area contributed by atoms with Gasteiger partial charge in [0, 0.05) is 37.9 Å². The van der Waals surface area contributed by atoms with Crippen molar-refractivity contribution in [1.29, 1.82) is 0 Å². The molecule has 1 unspecified atom stereocenters. The highest BCUT2D eigenvalue weighted by Gasteiger charge is 2.15. The predicted molar refractivity (Wildman–Crippen MR) is 159 cm³/mol. The number of ether oxygens (including phenoxy) is 1. The van der Waals surface area contributed by atoms with E-state index in [9.17, 15) is 4.79 Å². The number of nitrogens with one attached hydrogen (secondary N) is 1. The van der Waals surface area contributed by atoms with Gasteiger partial charge in [-0.15, -0.1) is 0 Å². The summed E-state index contributed by atoms with van der Waals surface area (Å²) in [7, 11) is 10.3. The molecule has 0 bridgehead atoms. The zero-order chi connectivity index (χ0) is 28.0. The zero-order valence-electron chi connectivity index (χ0n) is 25.1. The first-order chi connectivity index (χ1) is 17.5. The monoisotopic (exact) mass is 512 g/mol. The molecule has 6 nitrogen and oxygen atoms in total. The molecule has 0 fully saturated rings. The average molecular weight is 513 g/mol. The quantitative estimate of drug-likeness (QED) is 0.337. The van der Waals surface area contributed by atoms with Crippen LogP contribution in [0.3, 0.4) is 0 Å². The summed E-state index contributed by atoms with van der Waals surface area (Å²) in [4.78, 5) is 18.2. The lowest BCUT2D eigenvalue weighted by molar-refractivity contribution is 0.0953. The second-order valence-electron chi connectivity index (χ2n) is 10.2. The van der Waals surface area contributed by atoms with Crippen LogP contribution >= 0.6 is 0 Å². The molecule has 2 aromatic carbocycles. The zero-order valence-corrected chi connectivity index (χ0v) is 25.1. The molecule has 1 N–H and O–H groups in total. The highest BCUT2D eigenvalue weighted by atomic mass is 16.5. The van der Waals surface area contributed by atoms with Crippen LogP contribution in [0, 0.1) is 13.8 Å². The van der Waals surface area contributed by atoms with Gasteiger partial charge in [0.15, 0.2) is 0 Å². The van der Waals surface area contributed by atoms with Crippen molar-refractivity contribution in [2.75, 3.05) is 66.4 Å². The third-order valence-electron chi connectivity index (χ3n) is 6.81. The molecule has 0 spiro atoms. The van der Waals surface area contributed by atoms with Gasteiger partial charge in [-0.2, -0.15) is 0 Å². The molecule has 2 aromatic rings. The molecule has 208 valence electrons. The lowest BCUT2D eigenvalue weighted by Gasteiger charge is -2.26. The first-order valence-electron chi connectivity index (χ1n) is 13.7. The number of hydrogen-bond acceptors (Lipinski definition) is 5. The number of benzene rings is 2. The van der Waals surface area contributed by atoms with Crippen molar-refractivity contribution in [1.82, 2.24) is 15.1 Å². The minimum atomic E-state index is 0.000509. The van der Waals surface area contributed by atoms with Gasteiger partial charge in [-0.05, 0) is 115 Å². The van der Waals surface area contributed by atoms with Crippen LogP contribution in [-0.2, 0) is 0 Å². The Hall–Kier alpha value is -2.57. The summed E-state index contributed by atoms with van der Waals surface area (Å²) in [5.41, 5.74) is 5.80. The number of carbonyl (C=O) groups excluding carboxylic acids is 1. The van der Waals surface area contributed by atoms with Crippen molar-refractivity contribution < 1.29 is 9.53 Å². The van der Waals surface area contributed by atoms with Gasteiger partial charge in [-0.25, -0.2) is 0 Å². The Morgan fingerprint density at radius 1 is 0.973 bits per heavy atom. The fourth-order valence-corrected chi connectivity index (χ4v) is 3.92. The maximum absolute atomic E-state index is 11.6. The second kappa shape index (κ2) is 17.0. The van der Waals surface area contributed by atoms with Crippen molar-refractivity contribution in [3.63, 3.8) is 0 Å². The number of rotatable bonds is 13. The van der Waals surface area contributed by atoms with Gasteiger partial charge in [0.1, 0.15) is 5.75 Å². The average Bonchev–Trinajstić information content (AvgIpc) is 2.88. The fourth-order valence-electron chi connectivity index (χ4n) is 3.92. The van der Waals surface area contributed by atoms with Gasteiger partial charge >= 0.3 is 0 Å². The Balaban J connectivity index is 0.000000397. The molecule has 0 heterocycles. The molecule has 0 aromatic heterocycles. The lowest BCUT2D eigenvalue weighted by atomic mass is 9.97. The van der Waals surface area contributed by atoms with E-state index in [-0.39, 0.29) is 5.91 Å². The molecule has 0 aliphatic carbocycles. The van der Waals surface area contributed by atoms with E-state index in [1.54, 1.807) is 0 Å². The highest BCUT2D eigenvalue weighted by Crippen LogP contribution is 2.30. The van der Waals surface area contributed by atoms with Gasteiger partial charge in [-0.1, -0.05) is 26.0 Å². The molecular weight excluding hydrogens is 460 g/mol. The smallest absolute Gasteiger partial charge is 0.251 e. The van der Waals surface area contributed by atoms with Gasteiger partial charge in [-0.3, -0.25) is 9.69 Å². The van der Waals surface area contributed by atoms with Crippen molar-refractivity contribution in [2.45, 2.75) is 59.9 Å². The van der Waals surface area contributed by atoms with E-state index in [1.165, 1.54) is 23.1 Å². The summed E-state index contributed by atoms with van der Waals surface area (Å²) in [5, 5.41) is 2.86. The summed E-state index contributed by atoms with van der Waals surface area (Å²) in [5.74, 6) is 1.04. The van der Waals surface area contributed by atoms with Crippen LogP contribution in [0.5, 0.6) is 5.75 Å². The van der Waals surface area contributed by atoms with Crippen LogP contribution in [0.2, 0.25) is 0 Å². The number of hydrogen-bond donors (Lipinski definition) is 1. The molecular formula is C31H52N4O2. The topological polar surface area (TPSA) is 48.1 Å². The van der Waals surface area contributed by atoms with E-state index >= 15 is 0 Å². The Kier molecular flexibility index (Phi) is 14.9. The SMILES string of the molecule is CCCNC(=O)c1cccc(N(C)C)c1.CCN(C)C(C)c1ccc(OCCCCN(C)C)c(C)c1C. The molecule has 0 radical (unpaired) electrons. The first kappa shape index (κ1) is 32.5. The Morgan fingerprint density at radius 3 is 2.27 bits per heavy atom. The highest BCUT2D eigenvalue weighted by molar-refractivity contribution is 5.95. The van der Waals surface area contributed by atoms with Gasteiger partial charge in [0.25, 0.3) is 5.91 Å². The minimum Gasteiger partial charge on any atom is -0.493 e. The van der Waals surface area contributed by atoms with Crippen LogP contribution in [0.15, 0.2) is 36.4 Å². The number of carbonyl (C=O) groups is 1. The summed E-state index contributed by atoms with van der Waals surface area (Å²) in [6, 6.07) is 12.4. The van der Waals surface area contributed by atoms with Gasteiger partial charge in [0.2, 0.25) is 0 Å². The van der Waals surface area contributed by atoms with Crippen molar-refractivity contribution in [3.8, 4) is 5.75 Å². The maximum Gasteiger partial charge on any atom is 0.251 e. The van der Waals surface area contributed by atoms with E-state index in [2.05, 4.69) is 76.1 Å². The molecule has 6 heteroatoms. The predicted octanol–water partition coefficient (Wildman–Crippen LogP) is 5.93. The summed E-state index contributed by atoms with van der Waals surface area (Å²) < 4.78 is 5.99. The Labute approximate surface area is 227 Å². The third kappa shape index (κ3) is 11.1. The Bertz CT molecular complexity index is 943. The summed E-state index contributed by atoms with van der Waals surface area (Å²) >= 11 is 0. The van der Waals surface area contributed by atoms with Crippen LogP contribution < -0.4 is 15.0 Å². The van der Waals surface area contributed by atoms with Crippen molar-refractivity contribution in [3.05, 3.63) is 58.7 Å². The van der Waals surface area contributed by atoms with Gasteiger partial charge < -0.3 is 19.9 Å². The van der Waals surface area contributed by atoms with E-state index in [0.29, 0.717) is 6.04 Å². The third-order valence-corrected chi connectivity index (χ3v) is 6.81. The molecule has 2 rings (SSSR count). The van der Waals surface area contributed by atoms with Crippen LogP contribution in [0.4, 0.5) is 5.69 Å². The largest absolute Gasteiger partial charge is 0.493 e. The van der Waals surface area contributed by atoms with Crippen molar-refractivity contribution >= 4 is 11.6 Å². The first-order valence-corrected chi connectivity index (χ1v) is 13.7. The number of amides is 1. The van der Waals surface area contributed by atoms with Crippen molar-refractivity contribution in [2.24, 2.45) is 0 Å². The molecule has 1 atom stereocenters. The number of unbranched alkanes of at least 4 members (excludes halogenated alkanes) is 1. The van der Waals surface area contributed by atoms with E-state index in [0.717, 1.165) is 56.1 Å². The number of anilines is 1. The molecule has 0 aliphatic heterocycles. The number of nitrogens with zero attached hydrogens (tertiary/aromatic N) is 3. The van der Waals surface area contributed by atoms with Crippen LogP contribution in [0.25, 0.3) is 0 Å². The molecule has 37 heavy (non-hydrogen) atoms. The normalized spacial score (nSPS) is 11.7. The lowest BCUT2D eigenvalue weighted by Crippen LogP contribution is -2.24. The van der Waals surface area contributed by atoms with E-state index in [1.807, 2.05) is 50.2 Å². The van der Waals surface area contributed by atoms with E-state index in [4.69, 9.17) is 4.74 Å². The summed E-state index contributed by atoms with van der Waals surface area (Å²) in [6.45, 7) is 14.6. The maximum atomic E-state index is 11.6. The molecule has 0 aliphatic rings. The van der Waals surface area contributed by atoms with Crippen LogP contribution in [0.1, 0.15) is 73.1 Å². The fraction of sp³-hybridized carbons (Fsp3) is 0.581. The molecule has 1 amide bonds. The standard InChI is InChI=1S/C19H34N2O.C12H18N2O/c1-8-21(7)17(4)18-11-12-19(16(3)15(18)2)22-14-10-9-13-20(5)6;1-4-8-13-12(15)10-6-5-7-11(9-10)14(2)3/h11-12,17H,8-10,13-14H2,1-7H3;5-7,9H,4,8H2,1-3H3,(H,13,15). The molecule has 0 saturated carbocycles. The second-order valence-corrected chi connectivity index (χ2v) is 10.2.